The minimum Gasteiger partial charge on any atom is -0.482 e. The lowest BCUT2D eigenvalue weighted by molar-refractivity contribution is -0.124. The fourth-order valence-corrected chi connectivity index (χ4v) is 2.28. The summed E-state index contributed by atoms with van der Waals surface area (Å²) in [7, 11) is 0. The van der Waals surface area contributed by atoms with E-state index in [1.807, 2.05) is 24.3 Å². The molecule has 0 saturated heterocycles. The van der Waals surface area contributed by atoms with Gasteiger partial charge in [0.05, 0.1) is 0 Å². The lowest BCUT2D eigenvalue weighted by Crippen LogP contribution is -2.26. The summed E-state index contributed by atoms with van der Waals surface area (Å²) in [6.45, 7) is 0. The van der Waals surface area contributed by atoms with Gasteiger partial charge in [0.15, 0.2) is 11.9 Å². The number of ketones is 1. The van der Waals surface area contributed by atoms with E-state index in [4.69, 9.17) is 10.5 Å². The van der Waals surface area contributed by atoms with Crippen molar-refractivity contribution in [3.8, 4) is 5.75 Å². The zero-order chi connectivity index (χ0) is 13.2. The number of nitrogens with zero attached hydrogens (tertiary/aromatic N) is 1. The van der Waals surface area contributed by atoms with Crippen LogP contribution in [-0.4, -0.2) is 16.9 Å². The average molecular weight is 254 g/mol. The third-order valence-corrected chi connectivity index (χ3v) is 3.23. The van der Waals surface area contributed by atoms with Gasteiger partial charge < -0.3 is 10.5 Å². The Bertz CT molecular complexity index is 600. The third-order valence-electron chi connectivity index (χ3n) is 3.23. The first-order valence-electron chi connectivity index (χ1n) is 6.20. The number of nitrogen functional groups attached to an aromatic ring is 1. The highest BCUT2D eigenvalue weighted by Crippen LogP contribution is 2.28. The number of rotatable bonds is 3. The van der Waals surface area contributed by atoms with Crippen LogP contribution >= 0.6 is 0 Å². The number of pyridine rings is 1. The van der Waals surface area contributed by atoms with Crippen LogP contribution in [0, 0.1) is 0 Å². The molecule has 19 heavy (non-hydrogen) atoms. The smallest absolute Gasteiger partial charge is 0.177 e. The number of hydrogen-bond acceptors (Lipinski definition) is 4. The van der Waals surface area contributed by atoms with Crippen LogP contribution in [0.25, 0.3) is 0 Å². The highest BCUT2D eigenvalue weighted by Gasteiger charge is 2.28. The van der Waals surface area contributed by atoms with E-state index in [0.717, 1.165) is 16.9 Å². The summed E-state index contributed by atoms with van der Waals surface area (Å²) in [5, 5.41) is 0. The summed E-state index contributed by atoms with van der Waals surface area (Å²) in [6, 6.07) is 11.3. The van der Waals surface area contributed by atoms with Crippen LogP contribution in [-0.2, 0) is 17.6 Å². The standard InChI is InChI=1S/C15H14N2O2/c16-15-8-10(5-6-17-15)7-12(18)14-9-11-3-1-2-4-13(11)19-14/h1-6,8,14H,7,9H2,(H2,16,17). The van der Waals surface area contributed by atoms with Crippen LogP contribution in [0.3, 0.4) is 0 Å². The quantitative estimate of drug-likeness (QED) is 0.906. The highest BCUT2D eigenvalue weighted by atomic mass is 16.5. The Kier molecular flexibility index (Phi) is 2.91. The second-order valence-electron chi connectivity index (χ2n) is 4.65. The average Bonchev–Trinajstić information content (AvgIpc) is 2.82. The van der Waals surface area contributed by atoms with E-state index in [1.54, 1.807) is 18.3 Å². The lowest BCUT2D eigenvalue weighted by atomic mass is 10.0. The number of Topliss-reactive ketones (excluding diaryl/α,β-unsaturated/α-hetero) is 1. The predicted molar refractivity (Wildman–Crippen MR) is 71.9 cm³/mol. The fourth-order valence-electron chi connectivity index (χ4n) is 2.28. The van der Waals surface area contributed by atoms with Crippen molar-refractivity contribution < 1.29 is 9.53 Å². The molecule has 0 spiro atoms. The summed E-state index contributed by atoms with van der Waals surface area (Å²) in [5.74, 6) is 1.32. The second-order valence-corrected chi connectivity index (χ2v) is 4.65. The summed E-state index contributed by atoms with van der Waals surface area (Å²) in [6.07, 6.45) is 2.20. The molecule has 1 unspecified atom stereocenters. The number of nitrogens with two attached hydrogens (primary N) is 1. The van der Waals surface area contributed by atoms with Gasteiger partial charge in [0.2, 0.25) is 0 Å². The van der Waals surface area contributed by atoms with Crippen molar-refractivity contribution in [1.82, 2.24) is 4.98 Å². The summed E-state index contributed by atoms with van der Waals surface area (Å²) in [4.78, 5) is 16.1. The minimum absolute atomic E-state index is 0.0711. The number of hydrogen-bond donors (Lipinski definition) is 1. The molecule has 0 aliphatic carbocycles. The zero-order valence-corrected chi connectivity index (χ0v) is 10.4. The van der Waals surface area contributed by atoms with Crippen LogP contribution in [0.1, 0.15) is 11.1 Å². The van der Waals surface area contributed by atoms with E-state index in [2.05, 4.69) is 4.98 Å². The van der Waals surface area contributed by atoms with Gasteiger partial charge in [0.1, 0.15) is 11.6 Å². The Morgan fingerprint density at radius 2 is 2.21 bits per heavy atom. The molecular weight excluding hydrogens is 240 g/mol. The predicted octanol–water partition coefficient (Wildman–Crippen LogP) is 1.78. The molecule has 0 fully saturated rings. The highest BCUT2D eigenvalue weighted by molar-refractivity contribution is 5.86. The molecule has 0 saturated carbocycles. The van der Waals surface area contributed by atoms with Gasteiger partial charge in [-0.2, -0.15) is 0 Å². The lowest BCUT2D eigenvalue weighted by Gasteiger charge is -2.09. The van der Waals surface area contributed by atoms with Crippen LogP contribution in [0.15, 0.2) is 42.6 Å². The van der Waals surface area contributed by atoms with Crippen LogP contribution < -0.4 is 10.5 Å². The Hall–Kier alpha value is -2.36. The second kappa shape index (κ2) is 4.72. The van der Waals surface area contributed by atoms with E-state index < -0.39 is 0 Å². The largest absolute Gasteiger partial charge is 0.482 e. The van der Waals surface area contributed by atoms with Gasteiger partial charge >= 0.3 is 0 Å². The van der Waals surface area contributed by atoms with Crippen molar-refractivity contribution in [2.45, 2.75) is 18.9 Å². The summed E-state index contributed by atoms with van der Waals surface area (Å²) in [5.41, 5.74) is 7.57. The SMILES string of the molecule is Nc1cc(CC(=O)C2Cc3ccccc3O2)ccn1. The molecule has 3 rings (SSSR count). The molecule has 1 aromatic heterocycles. The summed E-state index contributed by atoms with van der Waals surface area (Å²) >= 11 is 0. The van der Waals surface area contributed by atoms with Crippen molar-refractivity contribution in [3.05, 3.63) is 53.7 Å². The van der Waals surface area contributed by atoms with Crippen molar-refractivity contribution in [2.75, 3.05) is 5.73 Å². The number of benzene rings is 1. The molecule has 2 N–H and O–H groups in total. The number of anilines is 1. The van der Waals surface area contributed by atoms with Crippen LogP contribution in [0.2, 0.25) is 0 Å². The molecule has 2 heterocycles. The molecule has 1 atom stereocenters. The first-order chi connectivity index (χ1) is 9.22. The molecule has 1 aliphatic heterocycles. The minimum atomic E-state index is -0.383. The molecule has 1 aromatic carbocycles. The normalized spacial score (nSPS) is 16.7. The van der Waals surface area contributed by atoms with E-state index in [1.165, 1.54) is 0 Å². The fraction of sp³-hybridized carbons (Fsp3) is 0.200. The monoisotopic (exact) mass is 254 g/mol. The van der Waals surface area contributed by atoms with Crippen molar-refractivity contribution in [3.63, 3.8) is 0 Å². The van der Waals surface area contributed by atoms with Crippen molar-refractivity contribution >= 4 is 11.6 Å². The van der Waals surface area contributed by atoms with Gasteiger partial charge in [0, 0.05) is 19.0 Å². The van der Waals surface area contributed by atoms with Gasteiger partial charge in [-0.25, -0.2) is 4.98 Å². The molecule has 1 aliphatic rings. The molecule has 4 heteroatoms. The zero-order valence-electron chi connectivity index (χ0n) is 10.4. The van der Waals surface area contributed by atoms with E-state index in [9.17, 15) is 4.79 Å². The van der Waals surface area contributed by atoms with Gasteiger partial charge in [-0.05, 0) is 29.3 Å². The van der Waals surface area contributed by atoms with Gasteiger partial charge in [-0.1, -0.05) is 18.2 Å². The Balaban J connectivity index is 1.70. The Morgan fingerprint density at radius 3 is 3.00 bits per heavy atom. The van der Waals surface area contributed by atoms with E-state index in [-0.39, 0.29) is 11.9 Å². The molecule has 0 radical (unpaired) electrons. The molecule has 4 nitrogen and oxygen atoms in total. The van der Waals surface area contributed by atoms with Crippen LogP contribution in [0.4, 0.5) is 5.82 Å². The maximum atomic E-state index is 12.2. The number of fused-ring (bicyclic) bond motifs is 1. The Labute approximate surface area is 111 Å². The first-order valence-corrected chi connectivity index (χ1v) is 6.20. The van der Waals surface area contributed by atoms with Gasteiger partial charge in [-0.3, -0.25) is 4.79 Å². The number of para-hydroxylation sites is 1. The molecule has 0 bridgehead atoms. The maximum Gasteiger partial charge on any atom is 0.177 e. The van der Waals surface area contributed by atoms with E-state index in [0.29, 0.717) is 18.7 Å². The maximum absolute atomic E-state index is 12.2. The van der Waals surface area contributed by atoms with Gasteiger partial charge in [0.25, 0.3) is 0 Å². The van der Waals surface area contributed by atoms with E-state index >= 15 is 0 Å². The van der Waals surface area contributed by atoms with Crippen LogP contribution in [0.5, 0.6) is 5.75 Å². The number of ether oxygens (including phenoxy) is 1. The Morgan fingerprint density at radius 1 is 1.37 bits per heavy atom. The number of aromatic nitrogens is 1. The number of carbonyl (C=O) groups is 1. The number of carbonyl (C=O) groups excluding carboxylic acids is 1. The topological polar surface area (TPSA) is 65.2 Å². The van der Waals surface area contributed by atoms with Crippen molar-refractivity contribution in [1.29, 1.82) is 0 Å². The first kappa shape index (κ1) is 11.7. The molecule has 96 valence electrons. The molecule has 0 amide bonds. The molecular formula is C15H14N2O2. The summed E-state index contributed by atoms with van der Waals surface area (Å²) < 4.78 is 5.67. The molecule has 2 aromatic rings. The third kappa shape index (κ3) is 2.42. The van der Waals surface area contributed by atoms with Gasteiger partial charge in [-0.15, -0.1) is 0 Å². The van der Waals surface area contributed by atoms with Crippen molar-refractivity contribution in [2.24, 2.45) is 0 Å².